The number of hydrogen-bond donors (Lipinski definition) is 2. The fourth-order valence-electron chi connectivity index (χ4n) is 1.53. The Bertz CT molecular complexity index is 363. The molecule has 16 heavy (non-hydrogen) atoms. The van der Waals surface area contributed by atoms with Crippen LogP contribution in [0.15, 0.2) is 30.4 Å². The first-order valence-corrected chi connectivity index (χ1v) is 5.48. The normalized spacial score (nSPS) is 13.2. The van der Waals surface area contributed by atoms with Crippen molar-refractivity contribution in [3.05, 3.63) is 41.7 Å². The molecule has 2 N–H and O–H groups in total. The minimum Gasteiger partial charge on any atom is -0.508 e. The number of nitrogens with one attached hydrogen (secondary N) is 1. The molecule has 0 amide bonds. The topological polar surface area (TPSA) is 32.3 Å². The summed E-state index contributed by atoms with van der Waals surface area (Å²) in [6.45, 7) is 4.69. The number of allylic oxidation sites excluding steroid dienone is 1. The zero-order valence-electron chi connectivity index (χ0n) is 9.70. The van der Waals surface area contributed by atoms with Crippen LogP contribution in [0.4, 0.5) is 4.39 Å². The Kier molecular flexibility index (Phi) is 4.99. The molecule has 0 aliphatic carbocycles. The van der Waals surface area contributed by atoms with E-state index in [0.717, 1.165) is 13.0 Å². The second-order valence-electron chi connectivity index (χ2n) is 3.74. The molecule has 0 saturated heterocycles. The van der Waals surface area contributed by atoms with E-state index in [0.29, 0.717) is 5.56 Å². The number of hydrogen-bond acceptors (Lipinski definition) is 2. The molecule has 0 heterocycles. The maximum atomic E-state index is 13.0. The van der Waals surface area contributed by atoms with Crippen molar-refractivity contribution >= 4 is 0 Å². The summed E-state index contributed by atoms with van der Waals surface area (Å²) < 4.78 is 13.0. The molecule has 3 heteroatoms. The van der Waals surface area contributed by atoms with Crippen LogP contribution in [0.5, 0.6) is 5.75 Å². The highest BCUT2D eigenvalue weighted by molar-refractivity contribution is 5.34. The van der Waals surface area contributed by atoms with Crippen molar-refractivity contribution < 1.29 is 9.50 Å². The summed E-state index contributed by atoms with van der Waals surface area (Å²) in [4.78, 5) is 0. The molecule has 0 aliphatic rings. The predicted molar refractivity (Wildman–Crippen MR) is 63.9 cm³/mol. The van der Waals surface area contributed by atoms with Gasteiger partial charge in [0.05, 0.1) is 0 Å². The smallest absolute Gasteiger partial charge is 0.123 e. The largest absolute Gasteiger partial charge is 0.508 e. The van der Waals surface area contributed by atoms with Crippen LogP contribution in [0, 0.1) is 5.82 Å². The van der Waals surface area contributed by atoms with E-state index in [1.165, 1.54) is 18.2 Å². The Morgan fingerprint density at radius 3 is 2.94 bits per heavy atom. The summed E-state index contributed by atoms with van der Waals surface area (Å²) in [6, 6.07) is 3.95. The predicted octanol–water partition coefficient (Wildman–Crippen LogP) is 3.15. The molecule has 1 atom stereocenters. The van der Waals surface area contributed by atoms with Crippen molar-refractivity contribution in [2.24, 2.45) is 0 Å². The van der Waals surface area contributed by atoms with Crippen LogP contribution in [0.1, 0.15) is 31.9 Å². The highest BCUT2D eigenvalue weighted by Gasteiger charge is 2.10. The van der Waals surface area contributed by atoms with Crippen LogP contribution in [0.3, 0.4) is 0 Å². The lowest BCUT2D eigenvalue weighted by Gasteiger charge is -2.15. The van der Waals surface area contributed by atoms with Gasteiger partial charge in [-0.05, 0) is 45.0 Å². The standard InChI is InChI=1S/C13H18FNO/c1-3-4-5-8-15-10(2)12-9-11(14)6-7-13(12)16/h3-4,6-7,9-10,15-16H,5,8H2,1-2H3/b4-3+. The molecule has 2 nitrogen and oxygen atoms in total. The lowest BCUT2D eigenvalue weighted by atomic mass is 10.1. The van der Waals surface area contributed by atoms with Gasteiger partial charge < -0.3 is 10.4 Å². The van der Waals surface area contributed by atoms with Gasteiger partial charge in [-0.1, -0.05) is 12.2 Å². The summed E-state index contributed by atoms with van der Waals surface area (Å²) in [7, 11) is 0. The van der Waals surface area contributed by atoms with E-state index >= 15 is 0 Å². The minimum atomic E-state index is -0.324. The zero-order valence-corrected chi connectivity index (χ0v) is 9.70. The van der Waals surface area contributed by atoms with Crippen LogP contribution in [-0.2, 0) is 0 Å². The number of phenols is 1. The molecule has 0 aromatic heterocycles. The molecule has 1 unspecified atom stereocenters. The van der Waals surface area contributed by atoms with Crippen molar-refractivity contribution in [1.82, 2.24) is 5.32 Å². The Hall–Kier alpha value is -1.35. The van der Waals surface area contributed by atoms with Crippen LogP contribution in [0.2, 0.25) is 0 Å². The van der Waals surface area contributed by atoms with Gasteiger partial charge in [-0.15, -0.1) is 0 Å². The Balaban J connectivity index is 2.58. The fraction of sp³-hybridized carbons (Fsp3) is 0.385. The monoisotopic (exact) mass is 223 g/mol. The van der Waals surface area contributed by atoms with Gasteiger partial charge in [0.15, 0.2) is 0 Å². The number of benzene rings is 1. The lowest BCUT2D eigenvalue weighted by Crippen LogP contribution is -2.19. The molecule has 0 radical (unpaired) electrons. The molecule has 0 saturated carbocycles. The zero-order chi connectivity index (χ0) is 12.0. The van der Waals surface area contributed by atoms with E-state index < -0.39 is 0 Å². The van der Waals surface area contributed by atoms with Crippen molar-refractivity contribution in [1.29, 1.82) is 0 Å². The molecule has 0 fully saturated rings. The van der Waals surface area contributed by atoms with E-state index in [-0.39, 0.29) is 17.6 Å². The van der Waals surface area contributed by atoms with E-state index in [1.807, 2.05) is 19.9 Å². The van der Waals surface area contributed by atoms with Gasteiger partial charge in [0, 0.05) is 11.6 Å². The van der Waals surface area contributed by atoms with E-state index in [9.17, 15) is 9.50 Å². The average Bonchev–Trinajstić information content (AvgIpc) is 2.27. The molecule has 0 aliphatic heterocycles. The number of rotatable bonds is 5. The molecular weight excluding hydrogens is 205 g/mol. The molecule has 1 aromatic carbocycles. The summed E-state index contributed by atoms with van der Waals surface area (Å²) in [5, 5.41) is 12.8. The number of aromatic hydroxyl groups is 1. The fourth-order valence-corrected chi connectivity index (χ4v) is 1.53. The third-order valence-corrected chi connectivity index (χ3v) is 2.45. The summed E-state index contributed by atoms with van der Waals surface area (Å²) >= 11 is 0. The molecule has 1 aromatic rings. The van der Waals surface area contributed by atoms with Crippen LogP contribution < -0.4 is 5.32 Å². The van der Waals surface area contributed by atoms with Crippen molar-refractivity contribution in [2.45, 2.75) is 26.3 Å². The maximum absolute atomic E-state index is 13.0. The van der Waals surface area contributed by atoms with Gasteiger partial charge in [-0.25, -0.2) is 4.39 Å². The minimum absolute atomic E-state index is 0.0547. The first-order valence-electron chi connectivity index (χ1n) is 5.48. The number of phenolic OH excluding ortho intramolecular Hbond substituents is 1. The first-order chi connectivity index (χ1) is 7.65. The third-order valence-electron chi connectivity index (χ3n) is 2.45. The van der Waals surface area contributed by atoms with Crippen LogP contribution in [0.25, 0.3) is 0 Å². The highest BCUT2D eigenvalue weighted by Crippen LogP contribution is 2.24. The van der Waals surface area contributed by atoms with Gasteiger partial charge in [0.25, 0.3) is 0 Å². The second-order valence-corrected chi connectivity index (χ2v) is 3.74. The van der Waals surface area contributed by atoms with E-state index in [1.54, 1.807) is 0 Å². The van der Waals surface area contributed by atoms with E-state index in [2.05, 4.69) is 11.4 Å². The lowest BCUT2D eigenvalue weighted by molar-refractivity contribution is 0.450. The van der Waals surface area contributed by atoms with Gasteiger partial charge in [0.1, 0.15) is 11.6 Å². The first kappa shape index (κ1) is 12.7. The molecule has 1 rings (SSSR count). The maximum Gasteiger partial charge on any atom is 0.123 e. The van der Waals surface area contributed by atoms with Gasteiger partial charge in [0.2, 0.25) is 0 Å². The Labute approximate surface area is 95.8 Å². The van der Waals surface area contributed by atoms with Gasteiger partial charge in [-0.2, -0.15) is 0 Å². The van der Waals surface area contributed by atoms with Crippen LogP contribution >= 0.6 is 0 Å². The van der Waals surface area contributed by atoms with Crippen molar-refractivity contribution in [2.75, 3.05) is 6.54 Å². The average molecular weight is 223 g/mol. The SMILES string of the molecule is C/C=C/CCNC(C)c1cc(F)ccc1O. The van der Waals surface area contributed by atoms with Crippen molar-refractivity contribution in [3.63, 3.8) is 0 Å². The van der Waals surface area contributed by atoms with Crippen molar-refractivity contribution in [3.8, 4) is 5.75 Å². The molecule has 0 spiro atoms. The van der Waals surface area contributed by atoms with Gasteiger partial charge in [-0.3, -0.25) is 0 Å². The Morgan fingerprint density at radius 1 is 1.50 bits per heavy atom. The van der Waals surface area contributed by atoms with Crippen LogP contribution in [-0.4, -0.2) is 11.7 Å². The molecule has 0 bridgehead atoms. The van der Waals surface area contributed by atoms with Gasteiger partial charge >= 0.3 is 0 Å². The third kappa shape index (κ3) is 3.66. The highest BCUT2D eigenvalue weighted by atomic mass is 19.1. The summed E-state index contributed by atoms with van der Waals surface area (Å²) in [5.41, 5.74) is 0.598. The van der Waals surface area contributed by atoms with E-state index in [4.69, 9.17) is 0 Å². The summed E-state index contributed by atoms with van der Waals surface area (Å²) in [6.07, 6.45) is 4.98. The number of halogens is 1. The second kappa shape index (κ2) is 6.28. The Morgan fingerprint density at radius 2 is 2.25 bits per heavy atom. The quantitative estimate of drug-likeness (QED) is 0.593. The molecule has 88 valence electrons. The molecular formula is C13H18FNO. The summed E-state index contributed by atoms with van der Waals surface area (Å²) in [5.74, 6) is -0.192.